The molecule has 3 aromatic rings. The van der Waals surface area contributed by atoms with Gasteiger partial charge in [0.25, 0.3) is 5.56 Å². The number of rotatable bonds is 7. The van der Waals surface area contributed by atoms with Gasteiger partial charge in [-0.1, -0.05) is 26.2 Å². The molecule has 0 bridgehead atoms. The standard InChI is InChI=1S/C23H23FN2O4/c1-4-5-6-7-10-26-22(28)17(12-25)13(2)19(23(26)29)20(27)21-14(3)16-11-15(24)8-9-18(16)30-21/h8-9,11,29H,4-7,10H2,1-3H3. The maximum atomic E-state index is 13.6. The summed E-state index contributed by atoms with van der Waals surface area (Å²) in [4.78, 5) is 26.0. The molecule has 30 heavy (non-hydrogen) atoms. The number of benzene rings is 1. The highest BCUT2D eigenvalue weighted by atomic mass is 19.1. The molecule has 7 heteroatoms. The minimum absolute atomic E-state index is 0.0610. The van der Waals surface area contributed by atoms with Gasteiger partial charge in [0.15, 0.2) is 5.76 Å². The molecule has 2 heterocycles. The Labute approximate surface area is 173 Å². The predicted octanol–water partition coefficient (Wildman–Crippen LogP) is 4.74. The molecule has 156 valence electrons. The van der Waals surface area contributed by atoms with E-state index < -0.39 is 23.0 Å². The van der Waals surface area contributed by atoms with Crippen molar-refractivity contribution in [2.45, 2.75) is 53.0 Å². The van der Waals surface area contributed by atoms with Gasteiger partial charge in [-0.25, -0.2) is 4.39 Å². The molecule has 0 aliphatic carbocycles. The number of unbranched alkanes of at least 4 members (excludes halogenated alkanes) is 3. The van der Waals surface area contributed by atoms with Gasteiger partial charge < -0.3 is 9.52 Å². The van der Waals surface area contributed by atoms with Crippen LogP contribution >= 0.6 is 0 Å². The number of pyridine rings is 1. The van der Waals surface area contributed by atoms with E-state index in [4.69, 9.17) is 4.42 Å². The summed E-state index contributed by atoms with van der Waals surface area (Å²) >= 11 is 0. The highest BCUT2D eigenvalue weighted by Crippen LogP contribution is 2.31. The average molecular weight is 410 g/mol. The van der Waals surface area contributed by atoms with Gasteiger partial charge in [0.2, 0.25) is 11.7 Å². The number of carbonyl (C=O) groups excluding carboxylic acids is 1. The molecule has 0 aliphatic rings. The lowest BCUT2D eigenvalue weighted by atomic mass is 9.98. The lowest BCUT2D eigenvalue weighted by Gasteiger charge is -2.15. The van der Waals surface area contributed by atoms with Crippen molar-refractivity contribution >= 4 is 16.8 Å². The third kappa shape index (κ3) is 3.61. The number of halogens is 1. The van der Waals surface area contributed by atoms with Crippen LogP contribution in [0.3, 0.4) is 0 Å². The summed E-state index contributed by atoms with van der Waals surface area (Å²) in [5, 5.41) is 20.7. The van der Waals surface area contributed by atoms with E-state index >= 15 is 0 Å². The highest BCUT2D eigenvalue weighted by molar-refractivity contribution is 6.12. The smallest absolute Gasteiger partial charge is 0.271 e. The number of ketones is 1. The molecule has 0 saturated heterocycles. The summed E-state index contributed by atoms with van der Waals surface area (Å²) in [6.45, 7) is 5.33. The summed E-state index contributed by atoms with van der Waals surface area (Å²) in [6, 6.07) is 5.78. The fourth-order valence-corrected chi connectivity index (χ4v) is 3.65. The molecule has 0 aliphatic heterocycles. The highest BCUT2D eigenvalue weighted by Gasteiger charge is 2.28. The van der Waals surface area contributed by atoms with E-state index in [0.717, 1.165) is 23.8 Å². The maximum absolute atomic E-state index is 13.6. The fraction of sp³-hybridized carbons (Fsp3) is 0.348. The minimum Gasteiger partial charge on any atom is -0.494 e. The number of hydrogen-bond donors (Lipinski definition) is 1. The number of aromatic nitrogens is 1. The van der Waals surface area contributed by atoms with Crippen LogP contribution in [0.5, 0.6) is 5.88 Å². The Balaban J connectivity index is 2.15. The van der Waals surface area contributed by atoms with Crippen molar-refractivity contribution in [3.8, 4) is 11.9 Å². The number of furan rings is 1. The number of nitrogens with zero attached hydrogens (tertiary/aromatic N) is 2. The molecule has 0 unspecified atom stereocenters. The number of nitriles is 1. The quantitative estimate of drug-likeness (QED) is 0.448. The van der Waals surface area contributed by atoms with Gasteiger partial charge in [-0.15, -0.1) is 0 Å². The van der Waals surface area contributed by atoms with Crippen molar-refractivity contribution in [2.75, 3.05) is 0 Å². The molecule has 1 N–H and O–H groups in total. The van der Waals surface area contributed by atoms with Gasteiger partial charge in [0.1, 0.15) is 23.0 Å². The van der Waals surface area contributed by atoms with E-state index in [1.54, 1.807) is 6.92 Å². The van der Waals surface area contributed by atoms with Gasteiger partial charge in [0.05, 0.1) is 5.56 Å². The summed E-state index contributed by atoms with van der Waals surface area (Å²) < 4.78 is 20.3. The molecule has 0 spiro atoms. The first-order chi connectivity index (χ1) is 14.3. The van der Waals surface area contributed by atoms with Gasteiger partial charge in [0, 0.05) is 17.5 Å². The zero-order chi connectivity index (χ0) is 22.0. The zero-order valence-electron chi connectivity index (χ0n) is 17.2. The third-order valence-electron chi connectivity index (χ3n) is 5.37. The molecule has 0 amide bonds. The second kappa shape index (κ2) is 8.54. The fourth-order valence-electron chi connectivity index (χ4n) is 3.65. The van der Waals surface area contributed by atoms with Crippen LogP contribution < -0.4 is 5.56 Å². The van der Waals surface area contributed by atoms with Crippen LogP contribution in [0.2, 0.25) is 0 Å². The van der Waals surface area contributed by atoms with E-state index in [1.807, 2.05) is 6.07 Å². The van der Waals surface area contributed by atoms with E-state index in [9.17, 15) is 24.3 Å². The van der Waals surface area contributed by atoms with Crippen molar-refractivity contribution in [3.05, 3.63) is 62.4 Å². The normalized spacial score (nSPS) is 11.0. The van der Waals surface area contributed by atoms with E-state index in [2.05, 4.69) is 6.92 Å². The van der Waals surface area contributed by atoms with E-state index in [1.165, 1.54) is 25.1 Å². The number of aromatic hydroxyl groups is 1. The topological polar surface area (TPSA) is 96.2 Å². The first-order valence-electron chi connectivity index (χ1n) is 9.91. The third-order valence-corrected chi connectivity index (χ3v) is 5.37. The van der Waals surface area contributed by atoms with Crippen LogP contribution in [-0.2, 0) is 6.54 Å². The van der Waals surface area contributed by atoms with Crippen LogP contribution in [0.1, 0.15) is 65.4 Å². The Morgan fingerprint density at radius 3 is 2.63 bits per heavy atom. The first-order valence-corrected chi connectivity index (χ1v) is 9.91. The van der Waals surface area contributed by atoms with Crippen LogP contribution in [0.15, 0.2) is 27.4 Å². The predicted molar refractivity (Wildman–Crippen MR) is 110 cm³/mol. The first kappa shape index (κ1) is 21.3. The van der Waals surface area contributed by atoms with Crippen molar-refractivity contribution in [3.63, 3.8) is 0 Å². The molecule has 1 aromatic carbocycles. The zero-order valence-corrected chi connectivity index (χ0v) is 17.2. The van der Waals surface area contributed by atoms with Crippen molar-refractivity contribution in [1.29, 1.82) is 5.26 Å². The molecule has 0 fully saturated rings. The molecule has 0 radical (unpaired) electrons. The van der Waals surface area contributed by atoms with Crippen LogP contribution in [-0.4, -0.2) is 15.5 Å². The second-order valence-electron chi connectivity index (χ2n) is 7.35. The van der Waals surface area contributed by atoms with E-state index in [-0.39, 0.29) is 29.0 Å². The largest absolute Gasteiger partial charge is 0.494 e. The summed E-state index contributed by atoms with van der Waals surface area (Å²) in [7, 11) is 0. The monoisotopic (exact) mass is 410 g/mol. The lowest BCUT2D eigenvalue weighted by molar-refractivity contribution is 0.100. The van der Waals surface area contributed by atoms with Gasteiger partial charge in [-0.05, 0) is 44.0 Å². The van der Waals surface area contributed by atoms with E-state index in [0.29, 0.717) is 23.0 Å². The Morgan fingerprint density at radius 1 is 1.23 bits per heavy atom. The van der Waals surface area contributed by atoms with Crippen molar-refractivity contribution in [1.82, 2.24) is 4.57 Å². The van der Waals surface area contributed by atoms with Crippen molar-refractivity contribution in [2.24, 2.45) is 0 Å². The molecular weight excluding hydrogens is 387 g/mol. The summed E-state index contributed by atoms with van der Waals surface area (Å²) in [6.07, 6.45) is 3.47. The molecule has 3 rings (SSSR count). The summed E-state index contributed by atoms with van der Waals surface area (Å²) in [5.41, 5.74) is -0.101. The number of carbonyl (C=O) groups is 1. The van der Waals surface area contributed by atoms with Gasteiger partial charge in [-0.3, -0.25) is 14.2 Å². The van der Waals surface area contributed by atoms with Crippen LogP contribution in [0.4, 0.5) is 4.39 Å². The second-order valence-corrected chi connectivity index (χ2v) is 7.35. The van der Waals surface area contributed by atoms with Crippen LogP contribution in [0.25, 0.3) is 11.0 Å². The Morgan fingerprint density at radius 2 is 1.97 bits per heavy atom. The number of hydrogen-bond acceptors (Lipinski definition) is 5. The Hall–Kier alpha value is -3.40. The molecule has 2 aromatic heterocycles. The minimum atomic E-state index is -0.655. The Bertz CT molecular complexity index is 1230. The van der Waals surface area contributed by atoms with Gasteiger partial charge >= 0.3 is 0 Å². The van der Waals surface area contributed by atoms with Gasteiger partial charge in [-0.2, -0.15) is 5.26 Å². The molecule has 0 atom stereocenters. The van der Waals surface area contributed by atoms with Crippen LogP contribution in [0, 0.1) is 31.0 Å². The molecule has 0 saturated carbocycles. The SMILES string of the molecule is CCCCCCn1c(O)c(C(=O)c2oc3ccc(F)cc3c2C)c(C)c(C#N)c1=O. The molecular formula is C23H23FN2O4. The number of fused-ring (bicyclic) bond motifs is 1. The summed E-state index contributed by atoms with van der Waals surface area (Å²) in [5.74, 6) is -1.66. The average Bonchev–Trinajstić information content (AvgIpc) is 3.03. The van der Waals surface area contributed by atoms with Crippen molar-refractivity contribution < 1.29 is 18.7 Å². The maximum Gasteiger partial charge on any atom is 0.271 e. The lowest BCUT2D eigenvalue weighted by Crippen LogP contribution is -2.27. The molecule has 6 nitrogen and oxygen atoms in total. The number of aryl methyl sites for hydroxylation is 1. The Kier molecular flexibility index (Phi) is 6.06.